The maximum absolute atomic E-state index is 10.5. The van der Waals surface area contributed by atoms with Crippen molar-refractivity contribution in [2.75, 3.05) is 21.1 Å². The molecule has 0 bridgehead atoms. The highest BCUT2D eigenvalue weighted by Gasteiger charge is 2.18. The van der Waals surface area contributed by atoms with E-state index in [1.807, 2.05) is 13.8 Å². The zero-order valence-electron chi connectivity index (χ0n) is 9.74. The van der Waals surface area contributed by atoms with E-state index in [0.717, 1.165) is 0 Å². The fraction of sp³-hybridized carbons (Fsp3) is 0.667. The van der Waals surface area contributed by atoms with Gasteiger partial charge in [0, 0.05) is 21.1 Å². The first-order chi connectivity index (χ1) is 6.54. The van der Waals surface area contributed by atoms with Gasteiger partial charge in [0.1, 0.15) is 0 Å². The average Bonchev–Trinajstić information content (AvgIpc) is 2.15. The number of nitro groups is 1. The summed E-state index contributed by atoms with van der Waals surface area (Å²) < 4.78 is 0. The molecule has 82 valence electrons. The lowest BCUT2D eigenvalue weighted by Crippen LogP contribution is -2.27. The minimum Gasteiger partial charge on any atom is -0.357 e. The summed E-state index contributed by atoms with van der Waals surface area (Å²) in [5.41, 5.74) is 0.0301. The van der Waals surface area contributed by atoms with Crippen molar-refractivity contribution in [3.63, 3.8) is 0 Å². The van der Waals surface area contributed by atoms with Crippen LogP contribution in [0.1, 0.15) is 20.8 Å². The SMILES string of the molecule is C/C=C(\C(=NC)N(C)C)[N+](=O)[O-].CC. The van der Waals surface area contributed by atoms with E-state index in [4.69, 9.17) is 0 Å². The second kappa shape index (κ2) is 8.22. The molecule has 0 aromatic heterocycles. The monoisotopic (exact) mass is 201 g/mol. The van der Waals surface area contributed by atoms with Crippen molar-refractivity contribution >= 4 is 5.84 Å². The maximum Gasteiger partial charge on any atom is 0.306 e. The predicted octanol–water partition coefficient (Wildman–Crippen LogP) is 1.78. The van der Waals surface area contributed by atoms with E-state index in [0.29, 0.717) is 5.84 Å². The summed E-state index contributed by atoms with van der Waals surface area (Å²) in [5, 5.41) is 10.5. The van der Waals surface area contributed by atoms with Crippen LogP contribution in [0.2, 0.25) is 0 Å². The smallest absolute Gasteiger partial charge is 0.306 e. The Balaban J connectivity index is 0. The fourth-order valence-corrected chi connectivity index (χ4v) is 0.860. The van der Waals surface area contributed by atoms with Gasteiger partial charge in [-0.25, -0.2) is 0 Å². The van der Waals surface area contributed by atoms with E-state index in [1.54, 1.807) is 25.9 Å². The number of rotatable bonds is 2. The van der Waals surface area contributed by atoms with Gasteiger partial charge >= 0.3 is 5.70 Å². The Morgan fingerprint density at radius 1 is 1.43 bits per heavy atom. The molecule has 5 nitrogen and oxygen atoms in total. The second-order valence-electron chi connectivity index (χ2n) is 2.37. The minimum absolute atomic E-state index is 0.0301. The molecule has 0 saturated heterocycles. The normalized spacial score (nSPS) is 11.6. The molecule has 0 N–H and O–H groups in total. The van der Waals surface area contributed by atoms with Gasteiger partial charge in [0.2, 0.25) is 5.84 Å². The third kappa shape index (κ3) is 4.59. The fourth-order valence-electron chi connectivity index (χ4n) is 0.860. The highest BCUT2D eigenvalue weighted by Crippen LogP contribution is 2.01. The third-order valence-electron chi connectivity index (χ3n) is 1.33. The molecule has 0 aliphatic carbocycles. The Morgan fingerprint density at radius 2 is 1.86 bits per heavy atom. The molecule has 0 atom stereocenters. The molecule has 0 aliphatic rings. The van der Waals surface area contributed by atoms with Crippen molar-refractivity contribution in [2.45, 2.75) is 20.8 Å². The Hall–Kier alpha value is -1.39. The second-order valence-corrected chi connectivity index (χ2v) is 2.37. The van der Waals surface area contributed by atoms with E-state index in [-0.39, 0.29) is 5.70 Å². The van der Waals surface area contributed by atoms with Crippen molar-refractivity contribution in [3.05, 3.63) is 21.9 Å². The standard InChI is InChI=1S/C7H13N3O2.C2H6/c1-5-6(10(11)12)7(8-2)9(3)4;1-2/h5H,1-4H3;1-2H3/b6-5+,8-7?;. The average molecular weight is 201 g/mol. The summed E-state index contributed by atoms with van der Waals surface area (Å²) in [6, 6.07) is 0. The Kier molecular flexibility index (Phi) is 8.86. The highest BCUT2D eigenvalue weighted by atomic mass is 16.6. The van der Waals surface area contributed by atoms with Crippen LogP contribution in [0.15, 0.2) is 16.8 Å². The predicted molar refractivity (Wildman–Crippen MR) is 59.1 cm³/mol. The summed E-state index contributed by atoms with van der Waals surface area (Å²) in [5.74, 6) is 0.377. The number of allylic oxidation sites excluding steroid dienone is 1. The summed E-state index contributed by atoms with van der Waals surface area (Å²) in [4.78, 5) is 15.4. The molecule has 0 spiro atoms. The summed E-state index contributed by atoms with van der Waals surface area (Å²) in [7, 11) is 4.97. The topological polar surface area (TPSA) is 58.7 Å². The van der Waals surface area contributed by atoms with Crippen LogP contribution in [0.25, 0.3) is 0 Å². The minimum atomic E-state index is -0.442. The molecule has 14 heavy (non-hydrogen) atoms. The van der Waals surface area contributed by atoms with Gasteiger partial charge in [0.15, 0.2) is 0 Å². The lowest BCUT2D eigenvalue weighted by atomic mass is 10.3. The Bertz CT molecular complexity index is 232. The molecule has 0 heterocycles. The first-order valence-electron chi connectivity index (χ1n) is 4.49. The molecule has 5 heteroatoms. The van der Waals surface area contributed by atoms with Crippen LogP contribution in [-0.2, 0) is 0 Å². The van der Waals surface area contributed by atoms with E-state index in [1.165, 1.54) is 13.1 Å². The number of amidine groups is 1. The van der Waals surface area contributed by atoms with E-state index in [2.05, 4.69) is 4.99 Å². The van der Waals surface area contributed by atoms with Gasteiger partial charge in [-0.05, 0) is 13.0 Å². The van der Waals surface area contributed by atoms with E-state index in [9.17, 15) is 10.1 Å². The highest BCUT2D eigenvalue weighted by molar-refractivity contribution is 5.95. The molecular formula is C9H19N3O2. The van der Waals surface area contributed by atoms with E-state index >= 15 is 0 Å². The van der Waals surface area contributed by atoms with Gasteiger partial charge in [0.05, 0.1) is 4.92 Å². The molecule has 0 rings (SSSR count). The molecule has 0 amide bonds. The molecule has 0 fully saturated rings. The van der Waals surface area contributed by atoms with Gasteiger partial charge in [-0.3, -0.25) is 15.1 Å². The Labute approximate surface area is 85.3 Å². The van der Waals surface area contributed by atoms with Crippen molar-refractivity contribution < 1.29 is 4.92 Å². The molecule has 0 aliphatic heterocycles. The molecular weight excluding hydrogens is 182 g/mol. The van der Waals surface area contributed by atoms with Crippen LogP contribution in [0.4, 0.5) is 0 Å². The number of aliphatic imine (C=N–C) groups is 1. The number of hydrogen-bond donors (Lipinski definition) is 0. The molecule has 0 unspecified atom stereocenters. The quantitative estimate of drug-likeness (QED) is 0.296. The maximum atomic E-state index is 10.5. The van der Waals surface area contributed by atoms with Crippen molar-refractivity contribution in [1.29, 1.82) is 0 Å². The van der Waals surface area contributed by atoms with Crippen molar-refractivity contribution in [3.8, 4) is 0 Å². The number of nitrogens with zero attached hydrogens (tertiary/aromatic N) is 3. The summed E-state index contributed by atoms with van der Waals surface area (Å²) in [6.07, 6.45) is 1.43. The lowest BCUT2D eigenvalue weighted by molar-refractivity contribution is -0.416. The van der Waals surface area contributed by atoms with E-state index < -0.39 is 4.92 Å². The van der Waals surface area contributed by atoms with Gasteiger partial charge < -0.3 is 4.90 Å². The van der Waals surface area contributed by atoms with Gasteiger partial charge in [-0.15, -0.1) is 0 Å². The molecule has 0 aromatic rings. The van der Waals surface area contributed by atoms with Crippen LogP contribution < -0.4 is 0 Å². The summed E-state index contributed by atoms with van der Waals surface area (Å²) in [6.45, 7) is 5.62. The lowest BCUT2D eigenvalue weighted by Gasteiger charge is -2.11. The van der Waals surface area contributed by atoms with Crippen LogP contribution in [0.5, 0.6) is 0 Å². The molecule has 0 radical (unpaired) electrons. The zero-order chi connectivity index (χ0) is 11.7. The Morgan fingerprint density at radius 3 is 1.93 bits per heavy atom. The first kappa shape index (κ1) is 15.1. The van der Waals surface area contributed by atoms with Gasteiger partial charge in [-0.1, -0.05) is 13.8 Å². The first-order valence-corrected chi connectivity index (χ1v) is 4.49. The van der Waals surface area contributed by atoms with Gasteiger partial charge in [-0.2, -0.15) is 0 Å². The molecule has 0 saturated carbocycles. The van der Waals surface area contributed by atoms with Gasteiger partial charge in [0.25, 0.3) is 0 Å². The van der Waals surface area contributed by atoms with Crippen LogP contribution in [0.3, 0.4) is 0 Å². The number of likely N-dealkylation sites (N-methyl/N-ethyl adjacent to an activating group) is 1. The van der Waals surface area contributed by atoms with Crippen LogP contribution in [0, 0.1) is 10.1 Å². The zero-order valence-corrected chi connectivity index (χ0v) is 9.74. The third-order valence-corrected chi connectivity index (χ3v) is 1.33. The van der Waals surface area contributed by atoms with Crippen LogP contribution >= 0.6 is 0 Å². The van der Waals surface area contributed by atoms with Crippen molar-refractivity contribution in [1.82, 2.24) is 4.90 Å². The summed E-state index contributed by atoms with van der Waals surface area (Å²) >= 11 is 0. The largest absolute Gasteiger partial charge is 0.357 e. The molecule has 0 aromatic carbocycles. The van der Waals surface area contributed by atoms with Crippen molar-refractivity contribution in [2.24, 2.45) is 4.99 Å². The van der Waals surface area contributed by atoms with Crippen LogP contribution in [-0.4, -0.2) is 36.8 Å². The number of hydrogen-bond acceptors (Lipinski definition) is 3.